The summed E-state index contributed by atoms with van der Waals surface area (Å²) in [7, 11) is 0. The van der Waals surface area contributed by atoms with E-state index in [2.05, 4.69) is 0 Å². The molecule has 1 fully saturated rings. The molecule has 2 aromatic rings. The third-order valence-corrected chi connectivity index (χ3v) is 3.91. The molecule has 1 aliphatic heterocycles. The maximum atomic E-state index is 12.3. The molecule has 2 aromatic carbocycles. The fourth-order valence-corrected chi connectivity index (χ4v) is 2.75. The Kier molecular flexibility index (Phi) is 4.34. The Labute approximate surface area is 142 Å². The van der Waals surface area contributed by atoms with Crippen LogP contribution >= 0.6 is 0 Å². The van der Waals surface area contributed by atoms with Gasteiger partial charge in [-0.15, -0.1) is 0 Å². The van der Waals surface area contributed by atoms with E-state index in [-0.39, 0.29) is 5.69 Å². The molecule has 128 valence electrons. The van der Waals surface area contributed by atoms with Crippen LogP contribution in [0.15, 0.2) is 54.6 Å². The number of rotatable bonds is 6. The first-order valence-corrected chi connectivity index (χ1v) is 7.45. The van der Waals surface area contributed by atoms with Crippen LogP contribution in [0.5, 0.6) is 5.75 Å². The number of carbonyl (C=O) groups excluding carboxylic acids is 1. The van der Waals surface area contributed by atoms with Crippen molar-refractivity contribution in [2.45, 2.75) is 12.1 Å². The van der Waals surface area contributed by atoms with Crippen molar-refractivity contribution < 1.29 is 24.4 Å². The average molecular weight is 342 g/mol. The van der Waals surface area contributed by atoms with Gasteiger partial charge in [-0.3, -0.25) is 19.7 Å². The molecule has 0 aromatic heterocycles. The molecular formula is C17H14N2O6. The number of nitro groups is 1. The van der Waals surface area contributed by atoms with Crippen LogP contribution in [-0.4, -0.2) is 39.5 Å². The molecule has 0 saturated carbocycles. The predicted octanol–water partition coefficient (Wildman–Crippen LogP) is 2.01. The van der Waals surface area contributed by atoms with Crippen molar-refractivity contribution >= 4 is 17.6 Å². The molecule has 1 N–H and O–H groups in total. The van der Waals surface area contributed by atoms with Gasteiger partial charge in [0.25, 0.3) is 11.6 Å². The topological polar surface area (TPSA) is 110 Å². The number of hydrogen-bond acceptors (Lipinski definition) is 5. The number of aliphatic carboxylic acids is 1. The van der Waals surface area contributed by atoms with Gasteiger partial charge in [0.1, 0.15) is 18.3 Å². The first kappa shape index (κ1) is 16.4. The number of likely N-dealkylation sites (tertiary alicyclic amines) is 1. The van der Waals surface area contributed by atoms with Crippen molar-refractivity contribution in [3.63, 3.8) is 0 Å². The van der Waals surface area contributed by atoms with Gasteiger partial charge >= 0.3 is 5.97 Å². The van der Waals surface area contributed by atoms with E-state index < -0.39 is 35.5 Å². The van der Waals surface area contributed by atoms with Crippen LogP contribution in [0.3, 0.4) is 0 Å². The van der Waals surface area contributed by atoms with Crippen LogP contribution in [0.2, 0.25) is 0 Å². The zero-order chi connectivity index (χ0) is 18.0. The Morgan fingerprint density at radius 2 is 1.80 bits per heavy atom. The van der Waals surface area contributed by atoms with Crippen LogP contribution in [-0.2, 0) is 9.59 Å². The van der Waals surface area contributed by atoms with E-state index in [0.29, 0.717) is 11.3 Å². The highest BCUT2D eigenvalue weighted by Gasteiger charge is 2.50. The molecule has 8 heteroatoms. The van der Waals surface area contributed by atoms with Gasteiger partial charge in [0.05, 0.1) is 4.92 Å². The average Bonchev–Trinajstić information content (AvgIpc) is 2.61. The standard InChI is InChI=1S/C17H14N2O6/c20-14(21)10-18-15(11-6-8-12(9-7-11)19(23)24)16(17(18)22)25-13-4-2-1-3-5-13/h1-9,15-16H,10H2,(H,20,21). The maximum absolute atomic E-state index is 12.3. The van der Waals surface area contributed by atoms with Gasteiger partial charge in [-0.1, -0.05) is 18.2 Å². The second kappa shape index (κ2) is 6.60. The molecular weight excluding hydrogens is 328 g/mol. The number of ether oxygens (including phenoxy) is 1. The summed E-state index contributed by atoms with van der Waals surface area (Å²) in [5.74, 6) is -1.09. The zero-order valence-corrected chi connectivity index (χ0v) is 12.9. The van der Waals surface area contributed by atoms with Crippen LogP contribution in [0, 0.1) is 10.1 Å². The van der Waals surface area contributed by atoms with Crippen molar-refractivity contribution in [2.24, 2.45) is 0 Å². The summed E-state index contributed by atoms with van der Waals surface area (Å²) in [4.78, 5) is 34.7. The van der Waals surface area contributed by atoms with Crippen LogP contribution in [0.4, 0.5) is 5.69 Å². The van der Waals surface area contributed by atoms with Crippen molar-refractivity contribution in [2.75, 3.05) is 6.54 Å². The molecule has 0 bridgehead atoms. The molecule has 25 heavy (non-hydrogen) atoms. The SMILES string of the molecule is O=C(O)CN1C(=O)C(Oc2ccccc2)C1c1ccc([N+](=O)[O-])cc1. The van der Waals surface area contributed by atoms with Gasteiger partial charge in [0.2, 0.25) is 6.10 Å². The van der Waals surface area contributed by atoms with E-state index in [0.717, 1.165) is 0 Å². The first-order chi connectivity index (χ1) is 12.0. The quantitative estimate of drug-likeness (QED) is 0.488. The van der Waals surface area contributed by atoms with Crippen molar-refractivity contribution in [3.05, 3.63) is 70.3 Å². The fourth-order valence-electron chi connectivity index (χ4n) is 2.75. The number of para-hydroxylation sites is 1. The Balaban J connectivity index is 1.87. The number of carbonyl (C=O) groups is 2. The van der Waals surface area contributed by atoms with E-state index in [4.69, 9.17) is 9.84 Å². The summed E-state index contributed by atoms with van der Waals surface area (Å²) in [6, 6.07) is 13.7. The minimum Gasteiger partial charge on any atom is -0.480 e. The molecule has 1 amide bonds. The molecule has 0 radical (unpaired) electrons. The van der Waals surface area contributed by atoms with Gasteiger partial charge < -0.3 is 14.7 Å². The third-order valence-electron chi connectivity index (χ3n) is 3.91. The van der Waals surface area contributed by atoms with E-state index in [1.54, 1.807) is 30.3 Å². The number of carboxylic acids is 1. The Morgan fingerprint density at radius 3 is 2.36 bits per heavy atom. The predicted molar refractivity (Wildman–Crippen MR) is 86.0 cm³/mol. The molecule has 1 aliphatic rings. The van der Waals surface area contributed by atoms with Gasteiger partial charge in [-0.2, -0.15) is 0 Å². The van der Waals surface area contributed by atoms with E-state index >= 15 is 0 Å². The first-order valence-electron chi connectivity index (χ1n) is 7.45. The normalized spacial score (nSPS) is 19.2. The van der Waals surface area contributed by atoms with E-state index in [1.165, 1.54) is 29.2 Å². The van der Waals surface area contributed by atoms with E-state index in [1.807, 2.05) is 0 Å². The number of β-lactam (4-membered cyclic amide) rings is 1. The Bertz CT molecular complexity index is 806. The summed E-state index contributed by atoms with van der Waals surface area (Å²) >= 11 is 0. The van der Waals surface area contributed by atoms with Crippen LogP contribution < -0.4 is 4.74 Å². The van der Waals surface area contributed by atoms with Crippen molar-refractivity contribution in [3.8, 4) is 5.75 Å². The van der Waals surface area contributed by atoms with Gasteiger partial charge in [-0.25, -0.2) is 0 Å². The maximum Gasteiger partial charge on any atom is 0.323 e. The van der Waals surface area contributed by atoms with Gasteiger partial charge in [-0.05, 0) is 29.8 Å². The number of benzene rings is 2. The number of nitrogens with zero attached hydrogens (tertiary/aromatic N) is 2. The second-order valence-corrected chi connectivity index (χ2v) is 5.50. The molecule has 8 nitrogen and oxygen atoms in total. The molecule has 2 unspecified atom stereocenters. The third kappa shape index (κ3) is 3.27. The monoisotopic (exact) mass is 342 g/mol. The minimum atomic E-state index is -1.14. The van der Waals surface area contributed by atoms with E-state index in [9.17, 15) is 19.7 Å². The lowest BCUT2D eigenvalue weighted by atomic mass is 9.90. The zero-order valence-electron chi connectivity index (χ0n) is 12.9. The molecule has 1 heterocycles. The molecule has 0 spiro atoms. The summed E-state index contributed by atoms with van der Waals surface area (Å²) in [5.41, 5.74) is 0.493. The Hall–Kier alpha value is -3.42. The van der Waals surface area contributed by atoms with Gasteiger partial charge in [0.15, 0.2) is 0 Å². The minimum absolute atomic E-state index is 0.0836. The second-order valence-electron chi connectivity index (χ2n) is 5.50. The van der Waals surface area contributed by atoms with Crippen molar-refractivity contribution in [1.29, 1.82) is 0 Å². The fraction of sp³-hybridized carbons (Fsp3) is 0.176. The number of hydrogen-bond donors (Lipinski definition) is 1. The summed E-state index contributed by atoms with van der Waals surface area (Å²) < 4.78 is 5.70. The van der Waals surface area contributed by atoms with Crippen LogP contribution in [0.1, 0.15) is 11.6 Å². The summed E-state index contributed by atoms with van der Waals surface area (Å²) in [5, 5.41) is 19.8. The Morgan fingerprint density at radius 1 is 1.16 bits per heavy atom. The number of carboxylic acid groups (broad SMARTS) is 1. The number of amides is 1. The lowest BCUT2D eigenvalue weighted by Gasteiger charge is -2.45. The van der Waals surface area contributed by atoms with Gasteiger partial charge in [0, 0.05) is 12.1 Å². The molecule has 2 atom stereocenters. The highest BCUT2D eigenvalue weighted by molar-refractivity contribution is 5.92. The lowest BCUT2D eigenvalue weighted by Crippen LogP contribution is -2.62. The number of nitro benzene ring substituents is 1. The van der Waals surface area contributed by atoms with Crippen molar-refractivity contribution in [1.82, 2.24) is 4.90 Å². The summed E-state index contributed by atoms with van der Waals surface area (Å²) in [6.07, 6.45) is -0.872. The smallest absolute Gasteiger partial charge is 0.323 e. The molecule has 3 rings (SSSR count). The molecule has 1 saturated heterocycles. The van der Waals surface area contributed by atoms with Crippen LogP contribution in [0.25, 0.3) is 0 Å². The highest BCUT2D eigenvalue weighted by atomic mass is 16.6. The largest absolute Gasteiger partial charge is 0.480 e. The highest BCUT2D eigenvalue weighted by Crippen LogP contribution is 2.37. The summed E-state index contributed by atoms with van der Waals surface area (Å²) in [6.45, 7) is -0.463. The number of non-ortho nitro benzene ring substituents is 1. The lowest BCUT2D eigenvalue weighted by molar-refractivity contribution is -0.384. The molecule has 0 aliphatic carbocycles.